The maximum atomic E-state index is 12.3. The largest absolute Gasteiger partial charge is 0.469 e. The van der Waals surface area contributed by atoms with Gasteiger partial charge in [-0.05, 0) is 12.8 Å². The van der Waals surface area contributed by atoms with Crippen LogP contribution < -0.4 is 16.6 Å². The van der Waals surface area contributed by atoms with Gasteiger partial charge in [-0.1, -0.05) is 12.8 Å². The van der Waals surface area contributed by atoms with Crippen LogP contribution in [0, 0.1) is 11.8 Å². The Hall–Kier alpha value is -2.45. The molecule has 1 aliphatic rings. The van der Waals surface area contributed by atoms with Gasteiger partial charge in [-0.2, -0.15) is 0 Å². The summed E-state index contributed by atoms with van der Waals surface area (Å²) in [7, 11) is 1.31. The molecule has 4 N–H and O–H groups in total. The van der Waals surface area contributed by atoms with Crippen molar-refractivity contribution in [3.8, 4) is 0 Å². The van der Waals surface area contributed by atoms with Crippen LogP contribution in [0.25, 0.3) is 0 Å². The van der Waals surface area contributed by atoms with Crippen molar-refractivity contribution in [2.24, 2.45) is 11.8 Å². The average Bonchev–Trinajstić information content (AvgIpc) is 2.53. The molecule has 0 spiro atoms. The molecule has 2 atom stereocenters. The minimum Gasteiger partial charge on any atom is -0.469 e. The van der Waals surface area contributed by atoms with Gasteiger partial charge in [0.05, 0.1) is 25.5 Å². The zero-order chi connectivity index (χ0) is 16.1. The number of nitrogen functional groups attached to an aromatic ring is 1. The lowest BCUT2D eigenvalue weighted by Gasteiger charge is -2.28. The Labute approximate surface area is 126 Å². The molecule has 120 valence electrons. The normalized spacial score (nSPS) is 21.1. The smallest absolute Gasteiger partial charge is 0.309 e. The maximum Gasteiger partial charge on any atom is 0.309 e. The fourth-order valence-electron chi connectivity index (χ4n) is 2.67. The number of carbonyl (C=O) groups excluding carboxylic acids is 2. The van der Waals surface area contributed by atoms with Gasteiger partial charge in [-0.25, -0.2) is 0 Å². The third-order valence-corrected chi connectivity index (χ3v) is 3.82. The van der Waals surface area contributed by atoms with Crippen LogP contribution in [0.15, 0.2) is 4.79 Å². The fourth-order valence-corrected chi connectivity index (χ4v) is 2.67. The van der Waals surface area contributed by atoms with Crippen LogP contribution in [0.3, 0.4) is 0 Å². The van der Waals surface area contributed by atoms with Crippen LogP contribution in [0.2, 0.25) is 0 Å². The number of nitrogens with zero attached hydrogens (tertiary/aromatic N) is 2. The third kappa shape index (κ3) is 3.60. The molecule has 1 heterocycles. The Bertz CT molecular complexity index is 615. The summed E-state index contributed by atoms with van der Waals surface area (Å²) in [5.74, 6) is -1.62. The number of aromatic amines is 1. The molecule has 9 nitrogen and oxygen atoms in total. The number of amides is 1. The van der Waals surface area contributed by atoms with E-state index < -0.39 is 17.4 Å². The van der Waals surface area contributed by atoms with Crippen molar-refractivity contribution in [1.29, 1.82) is 0 Å². The van der Waals surface area contributed by atoms with E-state index in [4.69, 9.17) is 10.5 Å². The fraction of sp³-hybridized carbons (Fsp3) is 0.615. The summed E-state index contributed by atoms with van der Waals surface area (Å²) in [6.45, 7) is -0.0637. The minimum absolute atomic E-state index is 0.0629. The molecule has 1 aromatic rings. The molecule has 9 heteroatoms. The molecule has 2 unspecified atom stereocenters. The van der Waals surface area contributed by atoms with Crippen molar-refractivity contribution < 1.29 is 14.3 Å². The molecule has 0 aliphatic heterocycles. The van der Waals surface area contributed by atoms with Gasteiger partial charge >= 0.3 is 5.97 Å². The van der Waals surface area contributed by atoms with Crippen LogP contribution >= 0.6 is 0 Å². The van der Waals surface area contributed by atoms with Gasteiger partial charge in [0.25, 0.3) is 5.56 Å². The Kier molecular flexibility index (Phi) is 5.08. The van der Waals surface area contributed by atoms with E-state index in [1.165, 1.54) is 7.11 Å². The number of carbonyl (C=O) groups is 2. The van der Waals surface area contributed by atoms with Crippen LogP contribution in [0.1, 0.15) is 31.4 Å². The number of anilines is 1. The second kappa shape index (κ2) is 7.01. The predicted molar refractivity (Wildman–Crippen MR) is 76.4 cm³/mol. The van der Waals surface area contributed by atoms with E-state index in [-0.39, 0.29) is 30.1 Å². The summed E-state index contributed by atoms with van der Waals surface area (Å²) in [5.41, 5.74) is 4.86. The number of hydrogen-bond acceptors (Lipinski definition) is 7. The van der Waals surface area contributed by atoms with Crippen molar-refractivity contribution in [3.05, 3.63) is 16.0 Å². The van der Waals surface area contributed by atoms with E-state index in [9.17, 15) is 14.4 Å². The number of aromatic nitrogens is 3. The zero-order valence-corrected chi connectivity index (χ0v) is 12.3. The van der Waals surface area contributed by atoms with E-state index in [2.05, 4.69) is 20.5 Å². The first kappa shape index (κ1) is 15.9. The van der Waals surface area contributed by atoms with Crippen molar-refractivity contribution in [2.45, 2.75) is 32.2 Å². The topological polar surface area (TPSA) is 140 Å². The zero-order valence-electron chi connectivity index (χ0n) is 12.3. The molecule has 1 amide bonds. The second-order valence-electron chi connectivity index (χ2n) is 5.22. The van der Waals surface area contributed by atoms with Crippen molar-refractivity contribution in [3.63, 3.8) is 0 Å². The number of nitrogens with two attached hydrogens (primary N) is 1. The molecule has 2 rings (SSSR count). The van der Waals surface area contributed by atoms with Crippen LogP contribution in [0.5, 0.6) is 0 Å². The molecule has 0 aromatic carbocycles. The first-order valence-electron chi connectivity index (χ1n) is 7.09. The van der Waals surface area contributed by atoms with E-state index in [0.29, 0.717) is 12.8 Å². The van der Waals surface area contributed by atoms with Crippen molar-refractivity contribution in [2.75, 3.05) is 12.8 Å². The molecule has 1 aliphatic carbocycles. The monoisotopic (exact) mass is 309 g/mol. The van der Waals surface area contributed by atoms with E-state index in [1.807, 2.05) is 0 Å². The number of ether oxygens (including phenoxy) is 1. The molecule has 22 heavy (non-hydrogen) atoms. The lowest BCUT2D eigenvalue weighted by molar-refractivity contribution is -0.152. The quantitative estimate of drug-likeness (QED) is 0.627. The highest BCUT2D eigenvalue weighted by molar-refractivity contribution is 5.85. The molecule has 0 radical (unpaired) electrons. The predicted octanol–water partition coefficient (Wildman–Crippen LogP) is -0.657. The lowest BCUT2D eigenvalue weighted by atomic mass is 9.78. The van der Waals surface area contributed by atoms with E-state index >= 15 is 0 Å². The average molecular weight is 309 g/mol. The molecule has 0 saturated heterocycles. The number of hydrogen-bond donors (Lipinski definition) is 3. The van der Waals surface area contributed by atoms with Gasteiger partial charge in [-0.3, -0.25) is 19.4 Å². The minimum atomic E-state index is -0.499. The Morgan fingerprint density at radius 2 is 2.00 bits per heavy atom. The van der Waals surface area contributed by atoms with Crippen LogP contribution in [-0.4, -0.2) is 34.2 Å². The third-order valence-electron chi connectivity index (χ3n) is 3.82. The summed E-state index contributed by atoms with van der Waals surface area (Å²) >= 11 is 0. The van der Waals surface area contributed by atoms with E-state index in [0.717, 1.165) is 12.8 Å². The van der Waals surface area contributed by atoms with Gasteiger partial charge in [-0.15, -0.1) is 10.2 Å². The summed E-state index contributed by atoms with van der Waals surface area (Å²) in [6, 6.07) is 0. The second-order valence-corrected chi connectivity index (χ2v) is 5.22. The Morgan fingerprint density at radius 3 is 2.64 bits per heavy atom. The van der Waals surface area contributed by atoms with Gasteiger partial charge in [0.2, 0.25) is 11.9 Å². The standard InChI is InChI=1S/C13H19N5O4/c1-22-12(21)8-5-3-2-4-7(8)10(19)15-6-9-11(20)16-13(14)18-17-9/h7-8H,2-6H2,1H3,(H,15,19)(H3,14,16,18,20). The van der Waals surface area contributed by atoms with E-state index in [1.54, 1.807) is 0 Å². The van der Waals surface area contributed by atoms with Crippen molar-refractivity contribution in [1.82, 2.24) is 20.5 Å². The van der Waals surface area contributed by atoms with Crippen LogP contribution in [0.4, 0.5) is 5.95 Å². The summed E-state index contributed by atoms with van der Waals surface area (Å²) in [6.07, 6.45) is 3.03. The highest BCUT2D eigenvalue weighted by Gasteiger charge is 2.36. The van der Waals surface area contributed by atoms with Gasteiger partial charge in [0, 0.05) is 0 Å². The Morgan fingerprint density at radius 1 is 1.32 bits per heavy atom. The first-order chi connectivity index (χ1) is 10.5. The SMILES string of the molecule is COC(=O)C1CCCCC1C(=O)NCc1nnc(N)[nH]c1=O. The number of H-pyrrole nitrogens is 1. The number of rotatable bonds is 4. The number of nitrogens with one attached hydrogen (secondary N) is 2. The van der Waals surface area contributed by atoms with Gasteiger partial charge in [0.1, 0.15) is 5.69 Å². The molecule has 1 saturated carbocycles. The van der Waals surface area contributed by atoms with Gasteiger partial charge < -0.3 is 15.8 Å². The number of methoxy groups -OCH3 is 1. The van der Waals surface area contributed by atoms with Crippen LogP contribution in [-0.2, 0) is 20.9 Å². The summed E-state index contributed by atoms with van der Waals surface area (Å²) in [4.78, 5) is 37.9. The first-order valence-corrected chi connectivity index (χ1v) is 7.09. The molecule has 1 fully saturated rings. The number of esters is 1. The van der Waals surface area contributed by atoms with Crippen molar-refractivity contribution >= 4 is 17.8 Å². The maximum absolute atomic E-state index is 12.3. The van der Waals surface area contributed by atoms with Gasteiger partial charge in [0.15, 0.2) is 0 Å². The highest BCUT2D eigenvalue weighted by Crippen LogP contribution is 2.31. The summed E-state index contributed by atoms with van der Waals surface area (Å²) < 4.78 is 4.75. The molecular formula is C13H19N5O4. The Balaban J connectivity index is 2.01. The molecule has 0 bridgehead atoms. The molecule has 1 aromatic heterocycles. The lowest BCUT2D eigenvalue weighted by Crippen LogP contribution is -2.40. The highest BCUT2D eigenvalue weighted by atomic mass is 16.5. The molecular weight excluding hydrogens is 290 g/mol. The summed E-state index contributed by atoms with van der Waals surface area (Å²) in [5, 5.41) is 9.80.